The number of ether oxygens (including phenoxy) is 1. The van der Waals surface area contributed by atoms with Crippen molar-refractivity contribution in [3.8, 4) is 0 Å². The van der Waals surface area contributed by atoms with Crippen molar-refractivity contribution in [2.24, 2.45) is 0 Å². The summed E-state index contributed by atoms with van der Waals surface area (Å²) >= 11 is 0. The van der Waals surface area contributed by atoms with Gasteiger partial charge < -0.3 is 4.74 Å². The van der Waals surface area contributed by atoms with Crippen LogP contribution in [0.3, 0.4) is 0 Å². The maximum absolute atomic E-state index is 13.5. The van der Waals surface area contributed by atoms with Gasteiger partial charge in [-0.1, -0.05) is 13.0 Å². The van der Waals surface area contributed by atoms with E-state index in [4.69, 9.17) is 4.74 Å². The Hall–Kier alpha value is -1.26. The van der Waals surface area contributed by atoms with Gasteiger partial charge in [0.25, 0.3) is 0 Å². The minimum Gasteiger partial charge on any atom is -0.379 e. The molecule has 1 unspecified atom stereocenters. The minimum atomic E-state index is -0.595. The van der Waals surface area contributed by atoms with E-state index in [2.05, 4.69) is 4.90 Å². The van der Waals surface area contributed by atoms with Crippen LogP contribution in [0, 0.1) is 12.7 Å². The third-order valence-corrected chi connectivity index (χ3v) is 4.33. The predicted octanol–water partition coefficient (Wildman–Crippen LogP) is 2.82. The summed E-state index contributed by atoms with van der Waals surface area (Å²) in [6.07, 6.45) is 0.696. The maximum atomic E-state index is 13.5. The van der Waals surface area contributed by atoms with Crippen LogP contribution in [0.5, 0.6) is 0 Å². The lowest BCUT2D eigenvalue weighted by atomic mass is 9.85. The Morgan fingerprint density at radius 1 is 1.40 bits per heavy atom. The van der Waals surface area contributed by atoms with Gasteiger partial charge in [0.05, 0.1) is 18.8 Å². The molecule has 1 aliphatic rings. The fraction of sp³-hybridized carbons (Fsp3) is 0.562. The molecule has 1 heterocycles. The Balaban J connectivity index is 2.34. The van der Waals surface area contributed by atoms with E-state index in [1.165, 1.54) is 12.1 Å². The van der Waals surface area contributed by atoms with Gasteiger partial charge in [0.2, 0.25) is 0 Å². The Morgan fingerprint density at radius 3 is 2.65 bits per heavy atom. The van der Waals surface area contributed by atoms with Crippen molar-refractivity contribution < 1.29 is 13.9 Å². The van der Waals surface area contributed by atoms with Crippen molar-refractivity contribution in [3.63, 3.8) is 0 Å². The topological polar surface area (TPSA) is 29.5 Å². The van der Waals surface area contributed by atoms with E-state index in [1.807, 2.05) is 20.8 Å². The number of carbonyl (C=O) groups is 1. The van der Waals surface area contributed by atoms with Gasteiger partial charge in [-0.3, -0.25) is 9.69 Å². The van der Waals surface area contributed by atoms with Crippen LogP contribution in [0.1, 0.15) is 36.2 Å². The number of Topliss-reactive ketones (excluding diaryl/α,β-unsaturated/α-hetero) is 1. The van der Waals surface area contributed by atoms with Crippen LogP contribution in [0.4, 0.5) is 4.39 Å². The summed E-state index contributed by atoms with van der Waals surface area (Å²) in [6, 6.07) is 4.41. The van der Waals surface area contributed by atoms with Crippen LogP contribution in [0.25, 0.3) is 0 Å². The molecule has 110 valence electrons. The summed E-state index contributed by atoms with van der Waals surface area (Å²) in [5.74, 6) is -0.363. The molecule has 1 aromatic carbocycles. The molecule has 3 nitrogen and oxygen atoms in total. The average molecular weight is 279 g/mol. The zero-order valence-electron chi connectivity index (χ0n) is 12.4. The van der Waals surface area contributed by atoms with Crippen LogP contribution >= 0.6 is 0 Å². The fourth-order valence-corrected chi connectivity index (χ4v) is 2.71. The number of ketones is 1. The number of morpholine rings is 1. The first kappa shape index (κ1) is 15.1. The van der Waals surface area contributed by atoms with Gasteiger partial charge in [0.1, 0.15) is 5.82 Å². The van der Waals surface area contributed by atoms with E-state index < -0.39 is 5.54 Å². The van der Waals surface area contributed by atoms with Gasteiger partial charge in [0.15, 0.2) is 5.78 Å². The lowest BCUT2D eigenvalue weighted by molar-refractivity contribution is -0.0106. The predicted molar refractivity (Wildman–Crippen MR) is 76.6 cm³/mol. The molecule has 4 heteroatoms. The highest BCUT2D eigenvalue weighted by Gasteiger charge is 2.39. The first-order valence-corrected chi connectivity index (χ1v) is 7.13. The van der Waals surface area contributed by atoms with E-state index in [-0.39, 0.29) is 11.6 Å². The second-order valence-electron chi connectivity index (χ2n) is 5.52. The van der Waals surface area contributed by atoms with E-state index >= 15 is 0 Å². The van der Waals surface area contributed by atoms with Gasteiger partial charge in [-0.2, -0.15) is 0 Å². The number of rotatable bonds is 4. The number of aryl methyl sites for hydroxylation is 1. The average Bonchev–Trinajstić information content (AvgIpc) is 2.49. The maximum Gasteiger partial charge on any atom is 0.183 e. The smallest absolute Gasteiger partial charge is 0.183 e. The zero-order valence-corrected chi connectivity index (χ0v) is 12.4. The van der Waals surface area contributed by atoms with E-state index in [9.17, 15) is 9.18 Å². The summed E-state index contributed by atoms with van der Waals surface area (Å²) in [5.41, 5.74) is 0.715. The van der Waals surface area contributed by atoms with Crippen molar-refractivity contribution in [2.45, 2.75) is 32.7 Å². The normalized spacial score (nSPS) is 19.6. The van der Waals surface area contributed by atoms with Crippen LogP contribution in [0.15, 0.2) is 18.2 Å². The van der Waals surface area contributed by atoms with E-state index in [0.717, 1.165) is 18.7 Å². The van der Waals surface area contributed by atoms with Crippen molar-refractivity contribution in [3.05, 3.63) is 35.1 Å². The first-order valence-electron chi connectivity index (χ1n) is 7.13. The molecule has 1 aliphatic heterocycles. The second kappa shape index (κ2) is 6.02. The number of hydrogen-bond donors (Lipinski definition) is 0. The molecular weight excluding hydrogens is 257 g/mol. The molecule has 2 rings (SSSR count). The number of hydrogen-bond acceptors (Lipinski definition) is 3. The Labute approximate surface area is 119 Å². The number of benzene rings is 1. The standard InChI is InChI=1S/C16H22FNO2/c1-4-16(3,18-7-9-20-10-8-18)15(19)14-11-13(17)6-5-12(14)2/h5-6,11H,4,7-10H2,1-3H3. The molecule has 0 aromatic heterocycles. The summed E-state index contributed by atoms with van der Waals surface area (Å²) in [6.45, 7) is 8.57. The molecule has 0 bridgehead atoms. The quantitative estimate of drug-likeness (QED) is 0.794. The molecule has 20 heavy (non-hydrogen) atoms. The summed E-state index contributed by atoms with van der Waals surface area (Å²) in [4.78, 5) is 15.1. The molecule has 0 radical (unpaired) electrons. The summed E-state index contributed by atoms with van der Waals surface area (Å²) in [7, 11) is 0. The van der Waals surface area contributed by atoms with E-state index in [1.54, 1.807) is 6.07 Å². The minimum absolute atomic E-state index is 0.00102. The molecule has 1 atom stereocenters. The van der Waals surface area contributed by atoms with Crippen molar-refractivity contribution in [1.82, 2.24) is 4.90 Å². The fourth-order valence-electron chi connectivity index (χ4n) is 2.71. The zero-order chi connectivity index (χ0) is 14.8. The van der Waals surface area contributed by atoms with Crippen LogP contribution in [0.2, 0.25) is 0 Å². The highest BCUT2D eigenvalue weighted by Crippen LogP contribution is 2.27. The Kier molecular flexibility index (Phi) is 4.55. The second-order valence-corrected chi connectivity index (χ2v) is 5.52. The Morgan fingerprint density at radius 2 is 2.05 bits per heavy atom. The Bertz CT molecular complexity index is 497. The van der Waals surface area contributed by atoms with E-state index in [0.29, 0.717) is 25.2 Å². The molecule has 0 spiro atoms. The highest BCUT2D eigenvalue weighted by atomic mass is 19.1. The molecule has 0 N–H and O–H groups in total. The summed E-state index contributed by atoms with van der Waals surface area (Å²) < 4.78 is 18.8. The monoisotopic (exact) mass is 279 g/mol. The first-order chi connectivity index (χ1) is 9.49. The van der Waals surface area contributed by atoms with Crippen LogP contribution in [-0.2, 0) is 4.74 Å². The van der Waals surface area contributed by atoms with Crippen LogP contribution in [-0.4, -0.2) is 42.5 Å². The molecule has 1 aromatic rings. The third kappa shape index (κ3) is 2.76. The highest BCUT2D eigenvalue weighted by molar-refractivity contribution is 6.04. The largest absolute Gasteiger partial charge is 0.379 e. The lowest BCUT2D eigenvalue weighted by Gasteiger charge is -2.41. The van der Waals surface area contributed by atoms with Gasteiger partial charge in [-0.25, -0.2) is 4.39 Å². The number of carbonyl (C=O) groups excluding carboxylic acids is 1. The molecule has 1 fully saturated rings. The number of halogens is 1. The lowest BCUT2D eigenvalue weighted by Crippen LogP contribution is -2.56. The SMILES string of the molecule is CCC(C)(C(=O)c1cc(F)ccc1C)N1CCOCC1. The van der Waals surface area contributed by atoms with Crippen molar-refractivity contribution >= 4 is 5.78 Å². The molecule has 0 amide bonds. The van der Waals surface area contributed by atoms with Gasteiger partial charge in [-0.05, 0) is 38.0 Å². The molecule has 1 saturated heterocycles. The van der Waals surface area contributed by atoms with Gasteiger partial charge >= 0.3 is 0 Å². The van der Waals surface area contributed by atoms with Crippen molar-refractivity contribution in [1.29, 1.82) is 0 Å². The molecule has 0 saturated carbocycles. The van der Waals surface area contributed by atoms with Crippen molar-refractivity contribution in [2.75, 3.05) is 26.3 Å². The molecule has 0 aliphatic carbocycles. The number of nitrogens with zero attached hydrogens (tertiary/aromatic N) is 1. The third-order valence-electron chi connectivity index (χ3n) is 4.33. The summed E-state index contributed by atoms with van der Waals surface area (Å²) in [5, 5.41) is 0. The molecular formula is C16H22FNO2. The van der Waals surface area contributed by atoms with Crippen LogP contribution < -0.4 is 0 Å². The van der Waals surface area contributed by atoms with Gasteiger partial charge in [0, 0.05) is 18.7 Å². The van der Waals surface area contributed by atoms with Gasteiger partial charge in [-0.15, -0.1) is 0 Å².